The zero-order chi connectivity index (χ0) is 10.4. The van der Waals surface area contributed by atoms with Crippen LogP contribution < -0.4 is 9.47 Å². The van der Waals surface area contributed by atoms with E-state index in [1.807, 2.05) is 0 Å². The van der Waals surface area contributed by atoms with Crippen molar-refractivity contribution in [1.29, 1.82) is 0 Å². The van der Waals surface area contributed by atoms with E-state index in [4.69, 9.17) is 9.47 Å². The van der Waals surface area contributed by atoms with E-state index >= 15 is 0 Å². The third-order valence-electron chi connectivity index (χ3n) is 1.70. The van der Waals surface area contributed by atoms with Gasteiger partial charge in [-0.15, -0.1) is 0 Å². The van der Waals surface area contributed by atoms with Crippen LogP contribution >= 0.6 is 0 Å². The van der Waals surface area contributed by atoms with E-state index in [-0.39, 0.29) is 0 Å². The molecule has 0 spiro atoms. The van der Waals surface area contributed by atoms with Crippen molar-refractivity contribution in [3.05, 3.63) is 36.4 Å². The molecule has 0 bridgehead atoms. The molecular weight excluding hydrogens is 180 g/mol. The summed E-state index contributed by atoms with van der Waals surface area (Å²) in [7, 11) is 1.53. The Bertz CT molecular complexity index is 331. The molecule has 0 atom stereocenters. The summed E-state index contributed by atoms with van der Waals surface area (Å²) >= 11 is 0. The van der Waals surface area contributed by atoms with Crippen molar-refractivity contribution >= 4 is 6.29 Å². The minimum Gasteiger partial charge on any atom is -0.493 e. The van der Waals surface area contributed by atoms with Crippen LogP contribution in [-0.2, 0) is 0 Å². The number of aldehydes is 1. The van der Waals surface area contributed by atoms with Gasteiger partial charge in [0.1, 0.15) is 6.61 Å². The van der Waals surface area contributed by atoms with Gasteiger partial charge in [0.2, 0.25) is 0 Å². The maximum absolute atomic E-state index is 10.7. The topological polar surface area (TPSA) is 35.5 Å². The van der Waals surface area contributed by atoms with Crippen LogP contribution in [0, 0.1) is 0 Å². The van der Waals surface area contributed by atoms with Crippen LogP contribution in [0.15, 0.2) is 30.9 Å². The Hall–Kier alpha value is -1.77. The van der Waals surface area contributed by atoms with E-state index < -0.39 is 0 Å². The Labute approximate surface area is 83.0 Å². The van der Waals surface area contributed by atoms with Gasteiger partial charge >= 0.3 is 0 Å². The highest BCUT2D eigenvalue weighted by molar-refractivity contribution is 5.81. The van der Waals surface area contributed by atoms with E-state index in [0.29, 0.717) is 23.7 Å². The standard InChI is InChI=1S/C11H12O3/c1-3-7-14-11-9(8-12)5-4-6-10(11)13-2/h3-6,8H,1,7H2,2H3. The lowest BCUT2D eigenvalue weighted by molar-refractivity contribution is 0.111. The molecule has 0 unspecified atom stereocenters. The lowest BCUT2D eigenvalue weighted by atomic mass is 10.2. The smallest absolute Gasteiger partial charge is 0.172 e. The lowest BCUT2D eigenvalue weighted by Gasteiger charge is -2.10. The molecule has 0 aliphatic heterocycles. The van der Waals surface area contributed by atoms with Crippen molar-refractivity contribution in [1.82, 2.24) is 0 Å². The van der Waals surface area contributed by atoms with Gasteiger partial charge in [0.05, 0.1) is 12.7 Å². The second-order valence-electron chi connectivity index (χ2n) is 2.60. The van der Waals surface area contributed by atoms with Crippen LogP contribution in [0.2, 0.25) is 0 Å². The van der Waals surface area contributed by atoms with Gasteiger partial charge < -0.3 is 9.47 Å². The largest absolute Gasteiger partial charge is 0.493 e. The van der Waals surface area contributed by atoms with E-state index in [0.717, 1.165) is 6.29 Å². The number of hydrogen-bond donors (Lipinski definition) is 0. The average molecular weight is 192 g/mol. The summed E-state index contributed by atoms with van der Waals surface area (Å²) in [4.78, 5) is 10.7. The molecule has 1 aromatic carbocycles. The van der Waals surface area contributed by atoms with Crippen LogP contribution in [0.4, 0.5) is 0 Å². The van der Waals surface area contributed by atoms with Crippen LogP contribution in [-0.4, -0.2) is 20.0 Å². The quantitative estimate of drug-likeness (QED) is 0.529. The molecular formula is C11H12O3. The third-order valence-corrected chi connectivity index (χ3v) is 1.70. The monoisotopic (exact) mass is 192 g/mol. The predicted molar refractivity (Wildman–Crippen MR) is 54.1 cm³/mol. The molecule has 0 N–H and O–H groups in total. The Kier molecular flexibility index (Phi) is 3.73. The molecule has 3 heteroatoms. The highest BCUT2D eigenvalue weighted by atomic mass is 16.5. The number of hydrogen-bond acceptors (Lipinski definition) is 3. The SMILES string of the molecule is C=CCOc1c(C=O)cccc1OC. The molecule has 1 rings (SSSR count). The van der Waals surface area contributed by atoms with Crippen molar-refractivity contribution in [2.24, 2.45) is 0 Å². The molecule has 0 aliphatic rings. The summed E-state index contributed by atoms with van der Waals surface area (Å²) in [5.41, 5.74) is 0.478. The van der Waals surface area contributed by atoms with Crippen molar-refractivity contribution in [3.63, 3.8) is 0 Å². The molecule has 0 saturated heterocycles. The van der Waals surface area contributed by atoms with E-state index in [2.05, 4.69) is 6.58 Å². The van der Waals surface area contributed by atoms with Gasteiger partial charge in [0, 0.05) is 0 Å². The van der Waals surface area contributed by atoms with Gasteiger partial charge in [-0.25, -0.2) is 0 Å². The summed E-state index contributed by atoms with van der Waals surface area (Å²) < 4.78 is 10.4. The summed E-state index contributed by atoms with van der Waals surface area (Å²) in [5.74, 6) is 1.02. The summed E-state index contributed by atoms with van der Waals surface area (Å²) in [6.07, 6.45) is 2.35. The van der Waals surface area contributed by atoms with Crippen LogP contribution in [0.3, 0.4) is 0 Å². The van der Waals surface area contributed by atoms with Crippen LogP contribution in [0.5, 0.6) is 11.5 Å². The zero-order valence-corrected chi connectivity index (χ0v) is 8.03. The van der Waals surface area contributed by atoms with Crippen LogP contribution in [0.1, 0.15) is 10.4 Å². The van der Waals surface area contributed by atoms with Crippen molar-refractivity contribution in [3.8, 4) is 11.5 Å². The molecule has 0 fully saturated rings. The van der Waals surface area contributed by atoms with E-state index in [1.165, 1.54) is 7.11 Å². The van der Waals surface area contributed by atoms with Gasteiger partial charge in [-0.3, -0.25) is 4.79 Å². The number of ether oxygens (including phenoxy) is 2. The fraction of sp³-hybridized carbons (Fsp3) is 0.182. The van der Waals surface area contributed by atoms with Crippen molar-refractivity contribution < 1.29 is 14.3 Å². The molecule has 0 saturated carbocycles. The Balaban J connectivity index is 3.05. The molecule has 3 nitrogen and oxygen atoms in total. The first kappa shape index (κ1) is 10.3. The molecule has 0 aliphatic carbocycles. The van der Waals surface area contributed by atoms with Gasteiger partial charge in [-0.2, -0.15) is 0 Å². The number of carbonyl (C=O) groups excluding carboxylic acids is 1. The first-order valence-corrected chi connectivity index (χ1v) is 4.19. The first-order valence-electron chi connectivity index (χ1n) is 4.19. The molecule has 14 heavy (non-hydrogen) atoms. The first-order chi connectivity index (χ1) is 6.83. The minimum absolute atomic E-state index is 0.348. The Morgan fingerprint density at radius 2 is 2.29 bits per heavy atom. The molecule has 1 aromatic rings. The molecule has 0 heterocycles. The maximum Gasteiger partial charge on any atom is 0.172 e. The number of benzene rings is 1. The highest BCUT2D eigenvalue weighted by Crippen LogP contribution is 2.29. The lowest BCUT2D eigenvalue weighted by Crippen LogP contribution is -1.99. The third kappa shape index (κ3) is 2.13. The van der Waals surface area contributed by atoms with E-state index in [9.17, 15) is 4.79 Å². The predicted octanol–water partition coefficient (Wildman–Crippen LogP) is 2.07. The molecule has 0 amide bonds. The number of carbonyl (C=O) groups is 1. The second-order valence-corrected chi connectivity index (χ2v) is 2.60. The minimum atomic E-state index is 0.348. The van der Waals surface area contributed by atoms with Gasteiger partial charge in [-0.05, 0) is 12.1 Å². The Morgan fingerprint density at radius 1 is 1.50 bits per heavy atom. The van der Waals surface area contributed by atoms with Gasteiger partial charge in [-0.1, -0.05) is 18.7 Å². The fourth-order valence-electron chi connectivity index (χ4n) is 1.08. The van der Waals surface area contributed by atoms with Crippen LogP contribution in [0.25, 0.3) is 0 Å². The average Bonchev–Trinajstić information content (AvgIpc) is 2.25. The van der Waals surface area contributed by atoms with Gasteiger partial charge in [0.25, 0.3) is 0 Å². The number of para-hydroxylation sites is 1. The fourth-order valence-corrected chi connectivity index (χ4v) is 1.08. The molecule has 0 radical (unpaired) electrons. The van der Waals surface area contributed by atoms with E-state index in [1.54, 1.807) is 24.3 Å². The highest BCUT2D eigenvalue weighted by Gasteiger charge is 2.08. The number of rotatable bonds is 5. The second kappa shape index (κ2) is 5.07. The normalized spacial score (nSPS) is 9.21. The number of methoxy groups -OCH3 is 1. The summed E-state index contributed by atoms with van der Waals surface area (Å²) in [6.45, 7) is 3.88. The van der Waals surface area contributed by atoms with Crippen molar-refractivity contribution in [2.75, 3.05) is 13.7 Å². The van der Waals surface area contributed by atoms with Gasteiger partial charge in [0.15, 0.2) is 17.8 Å². The zero-order valence-electron chi connectivity index (χ0n) is 8.03. The summed E-state index contributed by atoms with van der Waals surface area (Å²) in [5, 5.41) is 0. The maximum atomic E-state index is 10.7. The van der Waals surface area contributed by atoms with Crippen molar-refractivity contribution in [2.45, 2.75) is 0 Å². The summed E-state index contributed by atoms with van der Waals surface area (Å²) in [6, 6.07) is 5.16. The Morgan fingerprint density at radius 3 is 2.86 bits per heavy atom. The molecule has 0 aromatic heterocycles. The molecule has 74 valence electrons.